The van der Waals surface area contributed by atoms with Gasteiger partial charge in [-0.15, -0.1) is 22.7 Å². The second kappa shape index (κ2) is 5.38. The first-order chi connectivity index (χ1) is 9.67. The number of rotatable bonds is 4. The molecular formula is C14H16N4S2. The van der Waals surface area contributed by atoms with Crippen LogP contribution < -0.4 is 11.1 Å². The lowest BCUT2D eigenvalue weighted by Gasteiger charge is -2.16. The van der Waals surface area contributed by atoms with E-state index in [1.807, 2.05) is 0 Å². The fourth-order valence-corrected chi connectivity index (χ4v) is 3.95. The Kier molecular flexibility index (Phi) is 3.58. The van der Waals surface area contributed by atoms with Crippen LogP contribution in [0.5, 0.6) is 0 Å². The third-order valence-corrected chi connectivity index (χ3v) is 5.07. The van der Waals surface area contributed by atoms with E-state index in [0.29, 0.717) is 5.95 Å². The largest absolute Gasteiger partial charge is 0.368 e. The Bertz CT molecular complexity index is 718. The minimum Gasteiger partial charge on any atom is -0.368 e. The van der Waals surface area contributed by atoms with E-state index in [0.717, 1.165) is 22.5 Å². The van der Waals surface area contributed by atoms with Crippen LogP contribution in [0, 0.1) is 6.92 Å². The number of nitrogen functional groups attached to an aromatic ring is 1. The molecule has 3 aromatic rings. The van der Waals surface area contributed by atoms with Crippen LogP contribution in [0.3, 0.4) is 0 Å². The van der Waals surface area contributed by atoms with Gasteiger partial charge in [-0.05, 0) is 30.9 Å². The zero-order chi connectivity index (χ0) is 14.1. The van der Waals surface area contributed by atoms with Crippen molar-refractivity contribution >= 4 is 44.7 Å². The van der Waals surface area contributed by atoms with Crippen molar-refractivity contribution in [2.45, 2.75) is 26.3 Å². The highest BCUT2D eigenvalue weighted by Crippen LogP contribution is 2.32. The van der Waals surface area contributed by atoms with Crippen molar-refractivity contribution < 1.29 is 0 Å². The van der Waals surface area contributed by atoms with Crippen molar-refractivity contribution in [1.29, 1.82) is 0 Å². The fraction of sp³-hybridized carbons (Fsp3) is 0.286. The van der Waals surface area contributed by atoms with E-state index in [2.05, 4.69) is 52.7 Å². The van der Waals surface area contributed by atoms with Gasteiger partial charge < -0.3 is 11.1 Å². The normalized spacial score (nSPS) is 12.7. The van der Waals surface area contributed by atoms with Gasteiger partial charge in [-0.3, -0.25) is 0 Å². The third-order valence-electron chi connectivity index (χ3n) is 3.14. The van der Waals surface area contributed by atoms with Gasteiger partial charge in [0.1, 0.15) is 10.6 Å². The molecule has 6 heteroatoms. The molecule has 0 radical (unpaired) electrons. The van der Waals surface area contributed by atoms with Crippen molar-refractivity contribution in [3.63, 3.8) is 0 Å². The van der Waals surface area contributed by atoms with Gasteiger partial charge in [0.25, 0.3) is 0 Å². The highest BCUT2D eigenvalue weighted by Gasteiger charge is 2.15. The summed E-state index contributed by atoms with van der Waals surface area (Å²) in [5, 5.41) is 6.66. The Hall–Kier alpha value is -1.66. The van der Waals surface area contributed by atoms with Crippen LogP contribution in [0.1, 0.15) is 29.1 Å². The lowest BCUT2D eigenvalue weighted by molar-refractivity contribution is 0.760. The highest BCUT2D eigenvalue weighted by molar-refractivity contribution is 7.18. The van der Waals surface area contributed by atoms with Gasteiger partial charge in [0.15, 0.2) is 0 Å². The fourth-order valence-electron chi connectivity index (χ4n) is 2.20. The molecule has 3 aromatic heterocycles. The summed E-state index contributed by atoms with van der Waals surface area (Å²) in [6, 6.07) is 6.59. The Balaban J connectivity index is 2.01. The van der Waals surface area contributed by atoms with Crippen molar-refractivity contribution in [2.24, 2.45) is 0 Å². The number of hydrogen-bond acceptors (Lipinski definition) is 6. The summed E-state index contributed by atoms with van der Waals surface area (Å²) in [5.41, 5.74) is 5.82. The number of nitrogens with one attached hydrogen (secondary N) is 1. The number of aromatic nitrogens is 2. The molecule has 0 aromatic carbocycles. The van der Waals surface area contributed by atoms with E-state index in [1.165, 1.54) is 9.75 Å². The molecule has 0 saturated carbocycles. The molecule has 0 bridgehead atoms. The number of fused-ring (bicyclic) bond motifs is 1. The zero-order valence-electron chi connectivity index (χ0n) is 11.4. The number of thiophene rings is 2. The van der Waals surface area contributed by atoms with Crippen molar-refractivity contribution in [3.8, 4) is 0 Å². The van der Waals surface area contributed by atoms with E-state index >= 15 is 0 Å². The first-order valence-corrected chi connectivity index (χ1v) is 8.20. The maximum Gasteiger partial charge on any atom is 0.223 e. The Morgan fingerprint density at radius 3 is 2.95 bits per heavy atom. The quantitative estimate of drug-likeness (QED) is 0.758. The van der Waals surface area contributed by atoms with Crippen LogP contribution >= 0.6 is 22.7 Å². The maximum absolute atomic E-state index is 5.82. The summed E-state index contributed by atoms with van der Waals surface area (Å²) in [5.74, 6) is 1.15. The second-order valence-electron chi connectivity index (χ2n) is 4.63. The molecule has 0 amide bonds. The predicted octanol–water partition coefficient (Wildman–Crippen LogP) is 4.21. The Morgan fingerprint density at radius 1 is 1.40 bits per heavy atom. The molecule has 0 aliphatic heterocycles. The van der Waals surface area contributed by atoms with Crippen LogP contribution in [0.25, 0.3) is 10.2 Å². The molecule has 4 nitrogen and oxygen atoms in total. The van der Waals surface area contributed by atoms with Crippen LogP contribution in [0.2, 0.25) is 0 Å². The van der Waals surface area contributed by atoms with E-state index in [1.54, 1.807) is 22.7 Å². The monoisotopic (exact) mass is 304 g/mol. The second-order valence-corrected chi connectivity index (χ2v) is 6.84. The number of aryl methyl sites for hydroxylation is 1. The lowest BCUT2D eigenvalue weighted by Crippen LogP contribution is -2.10. The maximum atomic E-state index is 5.82. The molecule has 3 rings (SSSR count). The van der Waals surface area contributed by atoms with Gasteiger partial charge in [0, 0.05) is 9.75 Å². The molecule has 0 aliphatic carbocycles. The van der Waals surface area contributed by atoms with Crippen molar-refractivity contribution in [3.05, 3.63) is 33.3 Å². The number of anilines is 2. The first-order valence-electron chi connectivity index (χ1n) is 6.51. The predicted molar refractivity (Wildman–Crippen MR) is 87.5 cm³/mol. The van der Waals surface area contributed by atoms with Crippen LogP contribution in [-0.2, 0) is 0 Å². The Labute approximate surface area is 125 Å². The van der Waals surface area contributed by atoms with Gasteiger partial charge in [-0.25, -0.2) is 4.98 Å². The van der Waals surface area contributed by atoms with E-state index < -0.39 is 0 Å². The van der Waals surface area contributed by atoms with Gasteiger partial charge in [0.05, 0.1) is 11.4 Å². The van der Waals surface area contributed by atoms with Crippen LogP contribution in [0.4, 0.5) is 11.8 Å². The summed E-state index contributed by atoms with van der Waals surface area (Å²) < 4.78 is 0. The van der Waals surface area contributed by atoms with Gasteiger partial charge in [0.2, 0.25) is 5.95 Å². The summed E-state index contributed by atoms with van der Waals surface area (Å²) in [7, 11) is 0. The summed E-state index contributed by atoms with van der Waals surface area (Å²) in [6.07, 6.45) is 0.995. The van der Waals surface area contributed by atoms with Crippen molar-refractivity contribution in [1.82, 2.24) is 9.97 Å². The van der Waals surface area contributed by atoms with E-state index in [-0.39, 0.29) is 6.04 Å². The van der Waals surface area contributed by atoms with Gasteiger partial charge in [-0.2, -0.15) is 4.98 Å². The van der Waals surface area contributed by atoms with E-state index in [9.17, 15) is 0 Å². The molecule has 3 N–H and O–H groups in total. The number of hydrogen-bond donors (Lipinski definition) is 2. The summed E-state index contributed by atoms with van der Waals surface area (Å²) in [6.45, 7) is 4.24. The molecular weight excluding hydrogens is 288 g/mol. The minimum atomic E-state index is 0.257. The first kappa shape index (κ1) is 13.3. The zero-order valence-corrected chi connectivity index (χ0v) is 13.0. The molecule has 20 heavy (non-hydrogen) atoms. The standard InChI is InChI=1S/C14H16N4S2/c1-3-10(11-5-4-6-19-11)16-12-9-7-8(2)20-13(9)18-14(15)17-12/h4-7,10H,3H2,1-2H3,(H3,15,16,17,18). The number of nitrogens with zero attached hydrogens (tertiary/aromatic N) is 2. The summed E-state index contributed by atoms with van der Waals surface area (Å²) in [4.78, 5) is 12.1. The molecule has 0 saturated heterocycles. The minimum absolute atomic E-state index is 0.257. The molecule has 1 atom stereocenters. The van der Waals surface area contributed by atoms with Crippen molar-refractivity contribution in [2.75, 3.05) is 11.1 Å². The summed E-state index contributed by atoms with van der Waals surface area (Å²) >= 11 is 3.40. The molecule has 0 aliphatic rings. The topological polar surface area (TPSA) is 63.8 Å². The average Bonchev–Trinajstić information content (AvgIpc) is 3.04. The third kappa shape index (κ3) is 2.48. The van der Waals surface area contributed by atoms with Gasteiger partial charge in [-0.1, -0.05) is 13.0 Å². The average molecular weight is 304 g/mol. The van der Waals surface area contributed by atoms with Crippen LogP contribution in [0.15, 0.2) is 23.6 Å². The molecule has 3 heterocycles. The molecule has 0 spiro atoms. The molecule has 104 valence electrons. The highest BCUT2D eigenvalue weighted by atomic mass is 32.1. The number of nitrogens with two attached hydrogens (primary N) is 1. The smallest absolute Gasteiger partial charge is 0.223 e. The van der Waals surface area contributed by atoms with Crippen LogP contribution in [-0.4, -0.2) is 9.97 Å². The van der Waals surface area contributed by atoms with Gasteiger partial charge >= 0.3 is 0 Å². The lowest BCUT2D eigenvalue weighted by atomic mass is 10.2. The van der Waals surface area contributed by atoms with E-state index in [4.69, 9.17) is 5.73 Å². The Morgan fingerprint density at radius 2 is 2.25 bits per heavy atom. The molecule has 1 unspecified atom stereocenters. The molecule has 0 fully saturated rings. The SMILES string of the molecule is CCC(Nc1nc(N)nc2sc(C)cc12)c1cccs1.